The summed E-state index contributed by atoms with van der Waals surface area (Å²) in [7, 11) is 0. The highest BCUT2D eigenvalue weighted by Gasteiger charge is 2.26. The zero-order valence-electron chi connectivity index (χ0n) is 12.4. The first-order chi connectivity index (χ1) is 9.52. The molecule has 0 bridgehead atoms. The second-order valence-electron chi connectivity index (χ2n) is 5.19. The van der Waals surface area contributed by atoms with E-state index in [0.29, 0.717) is 0 Å². The molecule has 20 heavy (non-hydrogen) atoms. The summed E-state index contributed by atoms with van der Waals surface area (Å²) in [6.45, 7) is 9.91. The number of hydrogen-bond acceptors (Lipinski definition) is 4. The molecule has 1 atom stereocenters. The number of aromatic nitrogens is 2. The first kappa shape index (κ1) is 14.7. The predicted octanol–water partition coefficient (Wildman–Crippen LogP) is 0.277. The number of aryl methyl sites for hydroxylation is 1. The number of rotatable bonds is 3. The van der Waals surface area contributed by atoms with Crippen molar-refractivity contribution in [1.29, 1.82) is 0 Å². The molecule has 1 amide bonds. The van der Waals surface area contributed by atoms with E-state index in [1.807, 2.05) is 11.8 Å². The fourth-order valence-electron chi connectivity index (χ4n) is 2.45. The monoisotopic (exact) mass is 278 g/mol. The Morgan fingerprint density at radius 2 is 1.95 bits per heavy atom. The van der Waals surface area contributed by atoms with Crippen molar-refractivity contribution in [3.05, 3.63) is 28.2 Å². The maximum Gasteiger partial charge on any atom is 0.267 e. The van der Waals surface area contributed by atoms with Crippen LogP contribution in [0.25, 0.3) is 0 Å². The van der Waals surface area contributed by atoms with Crippen LogP contribution in [0, 0.1) is 6.92 Å². The molecule has 0 aromatic carbocycles. The smallest absolute Gasteiger partial charge is 0.267 e. The number of likely N-dealkylation sites (N-methyl/N-ethyl adjacent to an activating group) is 1. The van der Waals surface area contributed by atoms with Gasteiger partial charge in [0.1, 0.15) is 6.04 Å². The van der Waals surface area contributed by atoms with E-state index in [1.165, 1.54) is 10.7 Å². The van der Waals surface area contributed by atoms with Gasteiger partial charge in [0.2, 0.25) is 5.91 Å². The number of carbonyl (C=O) groups excluding carboxylic acids is 1. The molecule has 1 fully saturated rings. The van der Waals surface area contributed by atoms with E-state index in [0.717, 1.165) is 38.4 Å². The molecular formula is C14H22N4O2. The third-order valence-corrected chi connectivity index (χ3v) is 3.81. The second kappa shape index (κ2) is 6.17. The van der Waals surface area contributed by atoms with Gasteiger partial charge in [0, 0.05) is 32.2 Å². The maximum atomic E-state index is 12.5. The van der Waals surface area contributed by atoms with E-state index < -0.39 is 6.04 Å². The Morgan fingerprint density at radius 1 is 1.30 bits per heavy atom. The molecule has 0 spiro atoms. The lowest BCUT2D eigenvalue weighted by Gasteiger charge is -2.35. The molecule has 0 saturated carbocycles. The van der Waals surface area contributed by atoms with Crippen molar-refractivity contribution < 1.29 is 4.79 Å². The summed E-state index contributed by atoms with van der Waals surface area (Å²) in [5.41, 5.74) is 0.503. The third-order valence-electron chi connectivity index (χ3n) is 3.81. The minimum Gasteiger partial charge on any atom is -0.338 e. The fourth-order valence-corrected chi connectivity index (χ4v) is 2.45. The van der Waals surface area contributed by atoms with Crippen molar-refractivity contribution in [2.24, 2.45) is 0 Å². The Kier molecular flexibility index (Phi) is 4.54. The van der Waals surface area contributed by atoms with Crippen LogP contribution in [0.1, 0.15) is 25.6 Å². The standard InChI is InChI=1S/C14H22N4O2/c1-4-16-7-9-17(10-8-16)14(20)12(3)18-13(19)6-5-11(2)15-18/h5-6,12H,4,7-10H2,1-3H3. The van der Waals surface area contributed by atoms with Crippen LogP contribution in [-0.2, 0) is 4.79 Å². The van der Waals surface area contributed by atoms with Gasteiger partial charge >= 0.3 is 0 Å². The summed E-state index contributed by atoms with van der Waals surface area (Å²) in [4.78, 5) is 28.4. The molecule has 1 aliphatic rings. The summed E-state index contributed by atoms with van der Waals surface area (Å²) in [5.74, 6) is -0.0269. The molecule has 110 valence electrons. The van der Waals surface area contributed by atoms with E-state index in [2.05, 4.69) is 16.9 Å². The van der Waals surface area contributed by atoms with E-state index in [9.17, 15) is 9.59 Å². The maximum absolute atomic E-state index is 12.5. The van der Waals surface area contributed by atoms with Crippen molar-refractivity contribution in [3.63, 3.8) is 0 Å². The highest BCUT2D eigenvalue weighted by Crippen LogP contribution is 2.10. The lowest BCUT2D eigenvalue weighted by molar-refractivity contribution is -0.136. The summed E-state index contributed by atoms with van der Waals surface area (Å²) in [6, 6.07) is 2.58. The summed E-state index contributed by atoms with van der Waals surface area (Å²) in [6.07, 6.45) is 0. The highest BCUT2D eigenvalue weighted by molar-refractivity contribution is 5.80. The average molecular weight is 278 g/mol. The van der Waals surface area contributed by atoms with Gasteiger partial charge in [0.05, 0.1) is 5.69 Å². The van der Waals surface area contributed by atoms with Crippen LogP contribution in [-0.4, -0.2) is 58.2 Å². The van der Waals surface area contributed by atoms with Crippen molar-refractivity contribution in [2.75, 3.05) is 32.7 Å². The molecule has 0 N–H and O–H groups in total. The molecule has 1 unspecified atom stereocenters. The topological polar surface area (TPSA) is 58.4 Å². The molecule has 1 saturated heterocycles. The van der Waals surface area contributed by atoms with Crippen LogP contribution in [0.2, 0.25) is 0 Å². The lowest BCUT2D eigenvalue weighted by atomic mass is 10.2. The molecule has 6 heteroatoms. The molecular weight excluding hydrogens is 256 g/mol. The van der Waals surface area contributed by atoms with E-state index in [4.69, 9.17) is 0 Å². The Labute approximate surface area is 119 Å². The third kappa shape index (κ3) is 3.07. The van der Waals surface area contributed by atoms with Gasteiger partial charge in [0.25, 0.3) is 5.56 Å². The van der Waals surface area contributed by atoms with E-state index in [1.54, 1.807) is 13.0 Å². The van der Waals surface area contributed by atoms with Crippen LogP contribution in [0.15, 0.2) is 16.9 Å². The normalized spacial score (nSPS) is 18.1. The van der Waals surface area contributed by atoms with Gasteiger partial charge in [-0.05, 0) is 26.5 Å². The van der Waals surface area contributed by atoms with Gasteiger partial charge < -0.3 is 9.80 Å². The van der Waals surface area contributed by atoms with Crippen LogP contribution >= 0.6 is 0 Å². The number of amides is 1. The summed E-state index contributed by atoms with van der Waals surface area (Å²) in [5, 5.41) is 4.17. The molecule has 1 aromatic heterocycles. The van der Waals surface area contributed by atoms with Crippen molar-refractivity contribution in [1.82, 2.24) is 19.6 Å². The summed E-state index contributed by atoms with van der Waals surface area (Å²) >= 11 is 0. The first-order valence-electron chi connectivity index (χ1n) is 7.10. The minimum atomic E-state index is -0.546. The van der Waals surface area contributed by atoms with Gasteiger partial charge in [-0.15, -0.1) is 0 Å². The van der Waals surface area contributed by atoms with Gasteiger partial charge in [-0.3, -0.25) is 9.59 Å². The fraction of sp³-hybridized carbons (Fsp3) is 0.643. The number of carbonyl (C=O) groups is 1. The number of hydrogen-bond donors (Lipinski definition) is 0. The Morgan fingerprint density at radius 3 is 2.55 bits per heavy atom. The Balaban J connectivity index is 2.09. The highest BCUT2D eigenvalue weighted by atomic mass is 16.2. The largest absolute Gasteiger partial charge is 0.338 e. The molecule has 1 aromatic rings. The van der Waals surface area contributed by atoms with Crippen molar-refractivity contribution >= 4 is 5.91 Å². The molecule has 2 rings (SSSR count). The molecule has 2 heterocycles. The Bertz CT molecular complexity index is 532. The Hall–Kier alpha value is -1.69. The molecule has 6 nitrogen and oxygen atoms in total. The molecule has 0 aliphatic carbocycles. The minimum absolute atomic E-state index is 0.0269. The van der Waals surface area contributed by atoms with Gasteiger partial charge in [0.15, 0.2) is 0 Å². The lowest BCUT2D eigenvalue weighted by Crippen LogP contribution is -2.50. The quantitative estimate of drug-likeness (QED) is 0.797. The first-order valence-corrected chi connectivity index (χ1v) is 7.10. The van der Waals surface area contributed by atoms with Gasteiger partial charge in [-0.2, -0.15) is 5.10 Å². The van der Waals surface area contributed by atoms with E-state index in [-0.39, 0.29) is 11.5 Å². The van der Waals surface area contributed by atoms with Gasteiger partial charge in [-0.25, -0.2) is 4.68 Å². The predicted molar refractivity (Wildman–Crippen MR) is 76.6 cm³/mol. The van der Waals surface area contributed by atoms with Crippen LogP contribution in [0.4, 0.5) is 0 Å². The molecule has 1 aliphatic heterocycles. The molecule has 0 radical (unpaired) electrons. The SMILES string of the molecule is CCN1CCN(C(=O)C(C)n2nc(C)ccc2=O)CC1. The average Bonchev–Trinajstić information content (AvgIpc) is 2.48. The second-order valence-corrected chi connectivity index (χ2v) is 5.19. The number of nitrogens with zero attached hydrogens (tertiary/aromatic N) is 4. The van der Waals surface area contributed by atoms with Crippen LogP contribution < -0.4 is 5.56 Å². The van der Waals surface area contributed by atoms with Crippen molar-refractivity contribution in [2.45, 2.75) is 26.8 Å². The zero-order chi connectivity index (χ0) is 14.7. The van der Waals surface area contributed by atoms with Crippen LogP contribution in [0.3, 0.4) is 0 Å². The summed E-state index contributed by atoms with van der Waals surface area (Å²) < 4.78 is 1.28. The van der Waals surface area contributed by atoms with Crippen LogP contribution in [0.5, 0.6) is 0 Å². The van der Waals surface area contributed by atoms with Crippen molar-refractivity contribution in [3.8, 4) is 0 Å². The zero-order valence-corrected chi connectivity index (χ0v) is 12.4. The van der Waals surface area contributed by atoms with Gasteiger partial charge in [-0.1, -0.05) is 6.92 Å². The van der Waals surface area contributed by atoms with E-state index >= 15 is 0 Å². The number of piperazine rings is 1.